The van der Waals surface area contributed by atoms with Crippen molar-refractivity contribution in [2.24, 2.45) is 0 Å². The molecule has 0 fully saturated rings. The summed E-state index contributed by atoms with van der Waals surface area (Å²) in [5, 5.41) is 2.46. The molecule has 2 aromatic heterocycles. The second-order valence-corrected chi connectivity index (χ2v) is 14.1. The van der Waals surface area contributed by atoms with Crippen molar-refractivity contribution < 1.29 is 0 Å². The molecular formula is C45H36N4. The maximum Gasteiger partial charge on any atom is 0.166 e. The Balaban J connectivity index is 1.39. The summed E-state index contributed by atoms with van der Waals surface area (Å²) in [4.78, 5) is 15.3. The van der Waals surface area contributed by atoms with Gasteiger partial charge in [0.1, 0.15) is 0 Å². The number of aromatic nitrogens is 4. The maximum atomic E-state index is 5.16. The van der Waals surface area contributed by atoms with Crippen LogP contribution in [0.2, 0.25) is 0 Å². The van der Waals surface area contributed by atoms with Gasteiger partial charge in [-0.15, -0.1) is 0 Å². The third-order valence-electron chi connectivity index (χ3n) is 11.0. The number of hydrogen-bond acceptors (Lipinski definition) is 3. The van der Waals surface area contributed by atoms with E-state index in [1.165, 1.54) is 38.5 Å². The van der Waals surface area contributed by atoms with Gasteiger partial charge in [0.2, 0.25) is 0 Å². The lowest BCUT2D eigenvalue weighted by atomic mass is 9.55. The summed E-state index contributed by atoms with van der Waals surface area (Å²) in [6.07, 6.45) is 0. The third-order valence-corrected chi connectivity index (χ3v) is 11.0. The van der Waals surface area contributed by atoms with E-state index < -0.39 is 0 Å². The van der Waals surface area contributed by atoms with E-state index in [0.717, 1.165) is 27.9 Å². The molecule has 0 atom stereocenters. The van der Waals surface area contributed by atoms with Crippen LogP contribution in [0.4, 0.5) is 0 Å². The van der Waals surface area contributed by atoms with Gasteiger partial charge in [-0.3, -0.25) is 0 Å². The van der Waals surface area contributed by atoms with Crippen LogP contribution >= 0.6 is 0 Å². The third kappa shape index (κ3) is 4.33. The second kappa shape index (κ2) is 10.8. The number of benzene rings is 6. The van der Waals surface area contributed by atoms with Crippen LogP contribution in [-0.4, -0.2) is 19.5 Å². The Labute approximate surface area is 286 Å². The zero-order chi connectivity index (χ0) is 33.3. The van der Waals surface area contributed by atoms with E-state index in [2.05, 4.69) is 141 Å². The number of rotatable bonds is 4. The second-order valence-electron chi connectivity index (χ2n) is 14.1. The molecule has 0 radical (unpaired) electrons. The lowest BCUT2D eigenvalue weighted by Crippen LogP contribution is -2.43. The molecule has 1 aliphatic carbocycles. The minimum atomic E-state index is -0.116. The van der Waals surface area contributed by atoms with Crippen LogP contribution in [0.5, 0.6) is 0 Å². The molecule has 1 aliphatic rings. The predicted octanol–water partition coefficient (Wildman–Crippen LogP) is 11.2. The van der Waals surface area contributed by atoms with Crippen molar-refractivity contribution in [2.75, 3.05) is 0 Å². The quantitative estimate of drug-likeness (QED) is 0.194. The fourth-order valence-corrected chi connectivity index (χ4v) is 7.81. The highest BCUT2D eigenvalue weighted by molar-refractivity contribution is 6.15. The summed E-state index contributed by atoms with van der Waals surface area (Å²) in [6.45, 7) is 9.57. The summed E-state index contributed by atoms with van der Waals surface area (Å²) in [5.74, 6) is 1.94. The van der Waals surface area contributed by atoms with E-state index >= 15 is 0 Å². The molecule has 2 heterocycles. The van der Waals surface area contributed by atoms with Gasteiger partial charge < -0.3 is 4.57 Å². The van der Waals surface area contributed by atoms with Crippen LogP contribution in [-0.2, 0) is 10.8 Å². The van der Waals surface area contributed by atoms with Crippen LogP contribution in [0.1, 0.15) is 38.8 Å². The fourth-order valence-electron chi connectivity index (χ4n) is 7.81. The first-order valence-electron chi connectivity index (χ1n) is 17.0. The van der Waals surface area contributed by atoms with E-state index in [1.807, 2.05) is 36.4 Å². The lowest BCUT2D eigenvalue weighted by molar-refractivity contribution is 0.299. The Kier molecular flexibility index (Phi) is 6.47. The Bertz CT molecular complexity index is 2480. The van der Waals surface area contributed by atoms with Gasteiger partial charge >= 0.3 is 0 Å². The SMILES string of the molecule is CC1(C)c2ccccc2-c2c(ccc3c4ccccc4n(-c4ccccc4-c4nc(-c5ccccc5)nc(-c5ccccc5)n4)c23)C1(C)C. The van der Waals surface area contributed by atoms with Gasteiger partial charge in [-0.05, 0) is 45.7 Å². The molecule has 0 saturated heterocycles. The lowest BCUT2D eigenvalue weighted by Gasteiger charge is -2.48. The van der Waals surface area contributed by atoms with Gasteiger partial charge in [-0.25, -0.2) is 15.0 Å². The molecule has 236 valence electrons. The van der Waals surface area contributed by atoms with Gasteiger partial charge in [-0.2, -0.15) is 0 Å². The maximum absolute atomic E-state index is 5.16. The van der Waals surface area contributed by atoms with Crippen molar-refractivity contribution in [1.29, 1.82) is 0 Å². The Hall–Kier alpha value is -5.87. The van der Waals surface area contributed by atoms with Gasteiger partial charge in [0.15, 0.2) is 17.5 Å². The number of para-hydroxylation sites is 2. The molecule has 0 spiro atoms. The van der Waals surface area contributed by atoms with Crippen molar-refractivity contribution >= 4 is 21.8 Å². The predicted molar refractivity (Wildman–Crippen MR) is 202 cm³/mol. The highest BCUT2D eigenvalue weighted by atomic mass is 15.1. The molecule has 0 N–H and O–H groups in total. The van der Waals surface area contributed by atoms with E-state index in [4.69, 9.17) is 15.0 Å². The molecule has 49 heavy (non-hydrogen) atoms. The van der Waals surface area contributed by atoms with Gasteiger partial charge in [0.25, 0.3) is 0 Å². The molecule has 4 nitrogen and oxygen atoms in total. The summed E-state index contributed by atoms with van der Waals surface area (Å²) in [7, 11) is 0. The first kappa shape index (κ1) is 29.3. The standard InChI is InChI=1S/C45H36N4/c1-44(2)35-24-14-11-22-33(35)39-36(45(44,3)4)28-27-32-31-21-12-15-25-37(31)49(40(32)39)38-26-16-13-23-34(38)43-47-41(29-17-7-5-8-18-29)46-42(48-43)30-19-9-6-10-20-30/h5-28H,1-4H3. The van der Waals surface area contributed by atoms with Gasteiger partial charge in [0.05, 0.1) is 16.7 Å². The Morgan fingerprint density at radius 1 is 0.429 bits per heavy atom. The fraction of sp³-hybridized carbons (Fsp3) is 0.133. The van der Waals surface area contributed by atoms with Gasteiger partial charge in [0, 0.05) is 33.0 Å². The minimum Gasteiger partial charge on any atom is -0.308 e. The number of hydrogen-bond donors (Lipinski definition) is 0. The van der Waals surface area contributed by atoms with Gasteiger partial charge in [-0.1, -0.05) is 155 Å². The first-order valence-corrected chi connectivity index (χ1v) is 17.0. The normalized spacial score (nSPS) is 14.4. The summed E-state index contributed by atoms with van der Waals surface area (Å²) in [5.41, 5.74) is 11.4. The van der Waals surface area contributed by atoms with Crippen molar-refractivity contribution in [3.8, 4) is 51.0 Å². The Morgan fingerprint density at radius 2 is 0.959 bits per heavy atom. The Morgan fingerprint density at radius 3 is 1.65 bits per heavy atom. The average Bonchev–Trinajstić information content (AvgIpc) is 3.49. The smallest absolute Gasteiger partial charge is 0.166 e. The highest BCUT2D eigenvalue weighted by Gasteiger charge is 2.46. The molecule has 9 rings (SSSR count). The van der Waals surface area contributed by atoms with Crippen molar-refractivity contribution in [3.63, 3.8) is 0 Å². The minimum absolute atomic E-state index is 0.0639. The first-order chi connectivity index (χ1) is 23.8. The zero-order valence-electron chi connectivity index (χ0n) is 28.1. The van der Waals surface area contributed by atoms with Crippen LogP contribution in [0.3, 0.4) is 0 Å². The number of nitrogens with zero attached hydrogens (tertiary/aromatic N) is 4. The number of fused-ring (bicyclic) bond motifs is 7. The molecule has 0 amide bonds. The summed E-state index contributed by atoms with van der Waals surface area (Å²) >= 11 is 0. The van der Waals surface area contributed by atoms with Crippen molar-refractivity contribution in [2.45, 2.75) is 38.5 Å². The monoisotopic (exact) mass is 632 g/mol. The molecule has 0 saturated carbocycles. The van der Waals surface area contributed by atoms with Crippen molar-refractivity contribution in [3.05, 3.63) is 157 Å². The molecule has 0 aliphatic heterocycles. The van der Waals surface area contributed by atoms with E-state index in [1.54, 1.807) is 0 Å². The molecular weight excluding hydrogens is 597 g/mol. The molecule has 0 bridgehead atoms. The van der Waals surface area contributed by atoms with Crippen LogP contribution in [0, 0.1) is 0 Å². The molecule has 0 unspecified atom stereocenters. The van der Waals surface area contributed by atoms with E-state index in [9.17, 15) is 0 Å². The van der Waals surface area contributed by atoms with E-state index in [-0.39, 0.29) is 10.8 Å². The van der Waals surface area contributed by atoms with Crippen LogP contribution in [0.15, 0.2) is 146 Å². The molecule has 4 heteroatoms. The van der Waals surface area contributed by atoms with E-state index in [0.29, 0.717) is 17.5 Å². The largest absolute Gasteiger partial charge is 0.308 e. The van der Waals surface area contributed by atoms with Crippen LogP contribution in [0.25, 0.3) is 72.8 Å². The summed E-state index contributed by atoms with van der Waals surface area (Å²) < 4.78 is 2.46. The highest BCUT2D eigenvalue weighted by Crippen LogP contribution is 2.56. The summed E-state index contributed by atoms with van der Waals surface area (Å²) in [6, 6.07) is 51.4. The zero-order valence-corrected chi connectivity index (χ0v) is 28.1. The topological polar surface area (TPSA) is 43.6 Å². The van der Waals surface area contributed by atoms with Crippen LogP contribution < -0.4 is 0 Å². The molecule has 6 aromatic carbocycles. The van der Waals surface area contributed by atoms with Crippen molar-refractivity contribution in [1.82, 2.24) is 19.5 Å². The average molecular weight is 633 g/mol. The molecule has 8 aromatic rings.